The molecule has 0 unspecified atom stereocenters. The number of phenols is 2. The van der Waals surface area contributed by atoms with Gasteiger partial charge in [-0.05, 0) is 42.5 Å². The first-order valence-corrected chi connectivity index (χ1v) is 6.32. The van der Waals surface area contributed by atoms with E-state index in [4.69, 9.17) is 4.74 Å². The van der Waals surface area contributed by atoms with Gasteiger partial charge in [0.1, 0.15) is 23.9 Å². The second-order valence-electron chi connectivity index (χ2n) is 4.75. The molecule has 0 bridgehead atoms. The number of phenolic OH excluding ortho intramolecular Hbond substituents is 2. The van der Waals surface area contributed by atoms with E-state index in [0.717, 1.165) is 16.5 Å². The van der Waals surface area contributed by atoms with Gasteiger partial charge in [-0.15, -0.1) is 0 Å². The van der Waals surface area contributed by atoms with E-state index in [0.29, 0.717) is 12.4 Å². The summed E-state index contributed by atoms with van der Waals surface area (Å²) in [6.07, 6.45) is 1.99. The van der Waals surface area contributed by atoms with Crippen LogP contribution in [0, 0.1) is 0 Å². The molecule has 1 aromatic heterocycles. The molecule has 0 spiro atoms. The largest absolute Gasteiger partial charge is 0.508 e. The smallest absolute Gasteiger partial charge is 0.120 e. The Hall–Kier alpha value is -2.62. The Kier molecular flexibility index (Phi) is 2.99. The van der Waals surface area contributed by atoms with Crippen LogP contribution < -0.4 is 4.74 Å². The van der Waals surface area contributed by atoms with Crippen LogP contribution in [0.4, 0.5) is 0 Å². The van der Waals surface area contributed by atoms with E-state index >= 15 is 0 Å². The number of nitrogens with zero attached hydrogens (tertiary/aromatic N) is 1. The van der Waals surface area contributed by atoms with E-state index in [9.17, 15) is 10.2 Å². The van der Waals surface area contributed by atoms with Crippen molar-refractivity contribution in [2.75, 3.05) is 0 Å². The Morgan fingerprint density at radius 1 is 1.00 bits per heavy atom. The van der Waals surface area contributed by atoms with E-state index in [1.165, 1.54) is 0 Å². The van der Waals surface area contributed by atoms with E-state index < -0.39 is 0 Å². The minimum Gasteiger partial charge on any atom is -0.508 e. The van der Waals surface area contributed by atoms with Gasteiger partial charge in [0.15, 0.2) is 0 Å². The molecule has 2 aromatic carbocycles. The quantitative estimate of drug-likeness (QED) is 0.768. The van der Waals surface area contributed by atoms with Gasteiger partial charge < -0.3 is 19.5 Å². The Balaban J connectivity index is 1.87. The number of aryl methyl sites for hydroxylation is 1. The summed E-state index contributed by atoms with van der Waals surface area (Å²) in [7, 11) is 1.96. The summed E-state index contributed by atoms with van der Waals surface area (Å²) in [4.78, 5) is 0. The number of hydrogen-bond acceptors (Lipinski definition) is 3. The molecule has 0 amide bonds. The van der Waals surface area contributed by atoms with Gasteiger partial charge >= 0.3 is 0 Å². The lowest BCUT2D eigenvalue weighted by molar-refractivity contribution is 0.307. The number of rotatable bonds is 3. The van der Waals surface area contributed by atoms with Crippen molar-refractivity contribution in [1.29, 1.82) is 0 Å². The molecule has 102 valence electrons. The molecule has 0 saturated heterocycles. The average molecular weight is 269 g/mol. The molecular formula is C16H15NO3. The average Bonchev–Trinajstić information content (AvgIpc) is 2.74. The summed E-state index contributed by atoms with van der Waals surface area (Å²) in [5, 5.41) is 19.8. The molecule has 0 atom stereocenters. The molecule has 0 aliphatic carbocycles. The summed E-state index contributed by atoms with van der Waals surface area (Å²) in [5.41, 5.74) is 2.05. The highest BCUT2D eigenvalue weighted by Crippen LogP contribution is 2.26. The first-order valence-electron chi connectivity index (χ1n) is 6.32. The van der Waals surface area contributed by atoms with Crippen molar-refractivity contribution in [3.8, 4) is 17.2 Å². The number of benzene rings is 2. The first kappa shape index (κ1) is 12.4. The van der Waals surface area contributed by atoms with Crippen LogP contribution in [0.3, 0.4) is 0 Å². The highest BCUT2D eigenvalue weighted by atomic mass is 16.5. The number of aromatic hydroxyl groups is 2. The van der Waals surface area contributed by atoms with Crippen molar-refractivity contribution < 1.29 is 14.9 Å². The van der Waals surface area contributed by atoms with Crippen LogP contribution in [-0.4, -0.2) is 14.8 Å². The third-order valence-corrected chi connectivity index (χ3v) is 3.29. The highest BCUT2D eigenvalue weighted by Gasteiger charge is 2.08. The summed E-state index contributed by atoms with van der Waals surface area (Å²) in [6.45, 7) is 0.408. The topological polar surface area (TPSA) is 54.6 Å². The van der Waals surface area contributed by atoms with Gasteiger partial charge in [-0.1, -0.05) is 0 Å². The van der Waals surface area contributed by atoms with Crippen LogP contribution in [0.5, 0.6) is 17.2 Å². The fourth-order valence-electron chi connectivity index (χ4n) is 2.28. The van der Waals surface area contributed by atoms with Crippen molar-refractivity contribution in [2.24, 2.45) is 7.05 Å². The van der Waals surface area contributed by atoms with Crippen molar-refractivity contribution in [2.45, 2.75) is 6.61 Å². The minimum atomic E-state index is 0.215. The fourth-order valence-corrected chi connectivity index (χ4v) is 2.28. The number of aromatic nitrogens is 1. The van der Waals surface area contributed by atoms with Gasteiger partial charge in [0, 0.05) is 29.7 Å². The van der Waals surface area contributed by atoms with E-state index in [-0.39, 0.29) is 11.5 Å². The molecule has 0 radical (unpaired) electrons. The SMILES string of the molecule is Cn1cc(COc2ccc(O)cc2)c2cc(O)ccc21. The predicted octanol–water partition coefficient (Wildman–Crippen LogP) is 3.17. The molecule has 4 nitrogen and oxygen atoms in total. The van der Waals surface area contributed by atoms with E-state index in [2.05, 4.69) is 0 Å². The van der Waals surface area contributed by atoms with Gasteiger partial charge in [-0.2, -0.15) is 0 Å². The number of ether oxygens (including phenoxy) is 1. The molecule has 1 heterocycles. The minimum absolute atomic E-state index is 0.215. The maximum Gasteiger partial charge on any atom is 0.120 e. The maximum absolute atomic E-state index is 9.60. The second-order valence-corrected chi connectivity index (χ2v) is 4.75. The zero-order valence-corrected chi connectivity index (χ0v) is 11.1. The Morgan fingerprint density at radius 3 is 2.45 bits per heavy atom. The summed E-state index contributed by atoms with van der Waals surface area (Å²) < 4.78 is 7.71. The summed E-state index contributed by atoms with van der Waals surface area (Å²) in [5.74, 6) is 1.15. The lowest BCUT2D eigenvalue weighted by Gasteiger charge is -2.05. The highest BCUT2D eigenvalue weighted by molar-refractivity contribution is 5.85. The molecule has 3 aromatic rings. The molecule has 0 aliphatic rings. The van der Waals surface area contributed by atoms with Gasteiger partial charge in [-0.3, -0.25) is 0 Å². The van der Waals surface area contributed by atoms with Crippen LogP contribution in [0.25, 0.3) is 10.9 Å². The molecule has 20 heavy (non-hydrogen) atoms. The zero-order chi connectivity index (χ0) is 14.1. The van der Waals surface area contributed by atoms with Crippen molar-refractivity contribution >= 4 is 10.9 Å². The first-order chi connectivity index (χ1) is 9.63. The van der Waals surface area contributed by atoms with Crippen LogP contribution in [0.2, 0.25) is 0 Å². The molecule has 0 saturated carbocycles. The normalized spacial score (nSPS) is 10.8. The fraction of sp³-hybridized carbons (Fsp3) is 0.125. The predicted molar refractivity (Wildman–Crippen MR) is 77.0 cm³/mol. The molecule has 2 N–H and O–H groups in total. The monoisotopic (exact) mass is 269 g/mol. The Labute approximate surface area is 116 Å². The molecule has 3 rings (SSSR count). The van der Waals surface area contributed by atoms with E-state index in [1.54, 1.807) is 36.4 Å². The van der Waals surface area contributed by atoms with Gasteiger partial charge in [0.25, 0.3) is 0 Å². The summed E-state index contributed by atoms with van der Waals surface area (Å²) in [6, 6.07) is 11.9. The summed E-state index contributed by atoms with van der Waals surface area (Å²) >= 11 is 0. The third kappa shape index (κ3) is 2.28. The van der Waals surface area contributed by atoms with Gasteiger partial charge in [-0.25, -0.2) is 0 Å². The number of hydrogen-bond donors (Lipinski definition) is 2. The van der Waals surface area contributed by atoms with Crippen molar-refractivity contribution in [3.05, 3.63) is 54.2 Å². The van der Waals surface area contributed by atoms with Crippen LogP contribution in [0.1, 0.15) is 5.56 Å². The third-order valence-electron chi connectivity index (χ3n) is 3.29. The maximum atomic E-state index is 9.60. The van der Waals surface area contributed by atoms with E-state index in [1.807, 2.05) is 23.9 Å². The number of fused-ring (bicyclic) bond motifs is 1. The lowest BCUT2D eigenvalue weighted by Crippen LogP contribution is -1.94. The second kappa shape index (κ2) is 4.81. The Morgan fingerprint density at radius 2 is 1.70 bits per heavy atom. The van der Waals surface area contributed by atoms with Crippen LogP contribution >= 0.6 is 0 Å². The van der Waals surface area contributed by atoms with Gasteiger partial charge in [0.2, 0.25) is 0 Å². The molecular weight excluding hydrogens is 254 g/mol. The van der Waals surface area contributed by atoms with Crippen molar-refractivity contribution in [1.82, 2.24) is 4.57 Å². The van der Waals surface area contributed by atoms with Crippen LogP contribution in [-0.2, 0) is 13.7 Å². The standard InChI is InChI=1S/C16H15NO3/c1-17-9-11(15-8-13(19)4-7-16(15)17)10-20-14-5-2-12(18)3-6-14/h2-9,18-19H,10H2,1H3. The van der Waals surface area contributed by atoms with Crippen LogP contribution in [0.15, 0.2) is 48.7 Å². The molecule has 4 heteroatoms. The van der Waals surface area contributed by atoms with Crippen molar-refractivity contribution in [3.63, 3.8) is 0 Å². The lowest BCUT2D eigenvalue weighted by atomic mass is 10.2. The zero-order valence-electron chi connectivity index (χ0n) is 11.1. The Bertz CT molecular complexity index is 744. The molecule has 0 fully saturated rings. The molecule has 0 aliphatic heterocycles. The van der Waals surface area contributed by atoms with Gasteiger partial charge in [0.05, 0.1) is 0 Å².